The van der Waals surface area contributed by atoms with Crippen LogP contribution in [-0.2, 0) is 9.53 Å². The average Bonchev–Trinajstić information content (AvgIpc) is 3.26. The molecule has 4 N–H and O–H groups in total. The molecule has 0 aromatic rings. The van der Waals surface area contributed by atoms with Gasteiger partial charge in [-0.05, 0) is 62.2 Å². The zero-order chi connectivity index (χ0) is 23.5. The maximum atomic E-state index is 13.2. The maximum Gasteiger partial charge on any atom is 0.407 e. The fourth-order valence-corrected chi connectivity index (χ4v) is 6.84. The minimum atomic E-state index is -0.640. The smallest absolute Gasteiger partial charge is 0.407 e. The topological polar surface area (TPSA) is 119 Å². The van der Waals surface area contributed by atoms with Crippen molar-refractivity contribution in [2.75, 3.05) is 26.3 Å². The minimum absolute atomic E-state index is 0.00417. The van der Waals surface area contributed by atoms with E-state index in [9.17, 15) is 24.9 Å². The number of amides is 2. The van der Waals surface area contributed by atoms with Crippen molar-refractivity contribution in [1.82, 2.24) is 10.2 Å². The van der Waals surface area contributed by atoms with Gasteiger partial charge in [0.15, 0.2) is 0 Å². The number of alkyl carbamates (subject to hydrolysis) is 1. The summed E-state index contributed by atoms with van der Waals surface area (Å²) in [6, 6.07) is -0.125. The fourth-order valence-electron chi connectivity index (χ4n) is 6.84. The summed E-state index contributed by atoms with van der Waals surface area (Å²) in [4.78, 5) is 27.2. The number of carbonyl (C=O) groups excluding carboxylic acids is 2. The Morgan fingerprint density at radius 3 is 2.56 bits per heavy atom. The first kappa shape index (κ1) is 25.2. The summed E-state index contributed by atoms with van der Waals surface area (Å²) in [5, 5.41) is 33.8. The van der Waals surface area contributed by atoms with Gasteiger partial charge < -0.3 is 30.3 Å². The van der Waals surface area contributed by atoms with Crippen molar-refractivity contribution >= 4 is 12.0 Å². The van der Waals surface area contributed by atoms with Crippen LogP contribution in [0.5, 0.6) is 0 Å². The number of aliphatic hydroxyl groups excluding tert-OH is 3. The van der Waals surface area contributed by atoms with Gasteiger partial charge in [-0.3, -0.25) is 4.79 Å². The SMILES string of the molecule is CCCNC(=O)O[C@@H]1CC[C@]2(C)C(CC[C@@H](O)[C@H]2CC(=O)N2CCC[C@H]2CO)[C@]1(C)CO. The Kier molecular flexibility index (Phi) is 8.10. The van der Waals surface area contributed by atoms with Crippen LogP contribution in [0.25, 0.3) is 0 Å². The molecule has 32 heavy (non-hydrogen) atoms. The van der Waals surface area contributed by atoms with E-state index in [4.69, 9.17) is 4.74 Å². The number of aliphatic hydroxyl groups is 3. The van der Waals surface area contributed by atoms with E-state index in [1.807, 2.05) is 13.8 Å². The second-order valence-corrected chi connectivity index (χ2v) is 10.6. The summed E-state index contributed by atoms with van der Waals surface area (Å²) in [6.07, 6.45) is 3.92. The van der Waals surface area contributed by atoms with E-state index < -0.39 is 23.7 Å². The number of carbonyl (C=O) groups is 2. The Morgan fingerprint density at radius 2 is 1.91 bits per heavy atom. The lowest BCUT2D eigenvalue weighted by Crippen LogP contribution is -2.61. The molecule has 184 valence electrons. The van der Waals surface area contributed by atoms with E-state index in [-0.39, 0.29) is 48.8 Å². The Labute approximate surface area is 191 Å². The molecule has 2 aliphatic carbocycles. The van der Waals surface area contributed by atoms with Gasteiger partial charge >= 0.3 is 6.09 Å². The summed E-state index contributed by atoms with van der Waals surface area (Å²) in [5.41, 5.74) is -0.988. The number of nitrogens with zero attached hydrogens (tertiary/aromatic N) is 1. The van der Waals surface area contributed by atoms with Gasteiger partial charge in [-0.1, -0.05) is 20.8 Å². The number of ether oxygens (including phenoxy) is 1. The summed E-state index contributed by atoms with van der Waals surface area (Å²) in [7, 11) is 0. The number of nitrogens with one attached hydrogen (secondary N) is 1. The summed E-state index contributed by atoms with van der Waals surface area (Å²) in [6.45, 7) is 7.14. The van der Waals surface area contributed by atoms with Crippen LogP contribution in [0.1, 0.15) is 72.1 Å². The predicted octanol–water partition coefficient (Wildman–Crippen LogP) is 2.05. The lowest BCUT2D eigenvalue weighted by Gasteiger charge is -2.60. The van der Waals surface area contributed by atoms with E-state index in [0.29, 0.717) is 25.9 Å². The zero-order valence-corrected chi connectivity index (χ0v) is 19.9. The third-order valence-corrected chi connectivity index (χ3v) is 8.75. The molecule has 0 radical (unpaired) electrons. The van der Waals surface area contributed by atoms with Crippen LogP contribution in [-0.4, -0.2) is 76.8 Å². The van der Waals surface area contributed by atoms with E-state index >= 15 is 0 Å². The molecular formula is C24H42N2O6. The van der Waals surface area contributed by atoms with Gasteiger partial charge in [0.2, 0.25) is 5.91 Å². The molecule has 0 spiro atoms. The van der Waals surface area contributed by atoms with E-state index in [0.717, 1.165) is 32.1 Å². The Bertz CT molecular complexity index is 675. The van der Waals surface area contributed by atoms with Crippen LogP contribution >= 0.6 is 0 Å². The van der Waals surface area contributed by atoms with E-state index in [1.165, 1.54) is 0 Å². The third kappa shape index (κ3) is 4.64. The first-order valence-corrected chi connectivity index (χ1v) is 12.3. The van der Waals surface area contributed by atoms with Crippen molar-refractivity contribution in [2.45, 2.75) is 90.4 Å². The fraction of sp³-hybridized carbons (Fsp3) is 0.917. The van der Waals surface area contributed by atoms with Crippen LogP contribution in [0.15, 0.2) is 0 Å². The molecule has 0 aromatic heterocycles. The van der Waals surface area contributed by atoms with Crippen molar-refractivity contribution in [3.63, 3.8) is 0 Å². The summed E-state index contributed by atoms with van der Waals surface area (Å²) in [5.74, 6) is -0.212. The van der Waals surface area contributed by atoms with Gasteiger partial charge in [0.25, 0.3) is 0 Å². The number of fused-ring (bicyclic) bond motifs is 1. The highest BCUT2D eigenvalue weighted by molar-refractivity contribution is 5.77. The van der Waals surface area contributed by atoms with Gasteiger partial charge in [-0.15, -0.1) is 0 Å². The third-order valence-electron chi connectivity index (χ3n) is 8.75. The molecule has 0 aromatic carbocycles. The molecule has 2 saturated carbocycles. The molecule has 0 bridgehead atoms. The van der Waals surface area contributed by atoms with Crippen molar-refractivity contribution in [3.8, 4) is 0 Å². The largest absolute Gasteiger partial charge is 0.446 e. The highest BCUT2D eigenvalue weighted by atomic mass is 16.6. The molecule has 3 rings (SSSR count). The second kappa shape index (κ2) is 10.3. The van der Waals surface area contributed by atoms with Crippen molar-refractivity contribution in [1.29, 1.82) is 0 Å². The summed E-state index contributed by atoms with van der Waals surface area (Å²) < 4.78 is 5.77. The standard InChI is InChI=1S/C24H42N2O6/c1-4-11-25-22(31)32-20-9-10-23(2)17(13-21(30)26-12-5-6-16(26)14-27)18(29)7-8-19(23)24(20,3)15-28/h16-20,27-29H,4-15H2,1-3H3,(H,25,31)/t16-,17+,18+,19?,20+,23-,24-/m0/s1. The van der Waals surface area contributed by atoms with E-state index in [2.05, 4.69) is 12.2 Å². The minimum Gasteiger partial charge on any atom is -0.446 e. The van der Waals surface area contributed by atoms with Crippen LogP contribution in [0.4, 0.5) is 4.79 Å². The van der Waals surface area contributed by atoms with Crippen LogP contribution in [0.3, 0.4) is 0 Å². The normalized spacial score (nSPS) is 39.4. The predicted molar refractivity (Wildman–Crippen MR) is 120 cm³/mol. The molecule has 1 saturated heterocycles. The van der Waals surface area contributed by atoms with Gasteiger partial charge in [0.05, 0.1) is 25.4 Å². The quantitative estimate of drug-likeness (QED) is 0.467. The molecular weight excluding hydrogens is 412 g/mol. The van der Waals surface area contributed by atoms with Crippen LogP contribution < -0.4 is 5.32 Å². The molecule has 1 heterocycles. The van der Waals surface area contributed by atoms with Crippen molar-refractivity contribution in [3.05, 3.63) is 0 Å². The molecule has 8 heteroatoms. The first-order chi connectivity index (χ1) is 15.2. The van der Waals surface area contributed by atoms with Crippen LogP contribution in [0, 0.1) is 22.7 Å². The van der Waals surface area contributed by atoms with Crippen molar-refractivity contribution in [2.24, 2.45) is 22.7 Å². The second-order valence-electron chi connectivity index (χ2n) is 10.6. The molecule has 7 atom stereocenters. The Hall–Kier alpha value is -1.38. The highest BCUT2D eigenvalue weighted by Crippen LogP contribution is 2.61. The van der Waals surface area contributed by atoms with Gasteiger partial charge in [-0.25, -0.2) is 4.79 Å². The summed E-state index contributed by atoms with van der Waals surface area (Å²) >= 11 is 0. The highest BCUT2D eigenvalue weighted by Gasteiger charge is 2.60. The van der Waals surface area contributed by atoms with Crippen molar-refractivity contribution < 1.29 is 29.6 Å². The molecule has 2 amide bonds. The molecule has 8 nitrogen and oxygen atoms in total. The lowest BCUT2D eigenvalue weighted by atomic mass is 9.46. The van der Waals surface area contributed by atoms with Gasteiger partial charge in [0.1, 0.15) is 6.10 Å². The number of hydrogen-bond acceptors (Lipinski definition) is 6. The number of likely N-dealkylation sites (tertiary alicyclic amines) is 1. The first-order valence-electron chi connectivity index (χ1n) is 12.3. The maximum absolute atomic E-state index is 13.2. The monoisotopic (exact) mass is 454 g/mol. The molecule has 1 unspecified atom stereocenters. The van der Waals surface area contributed by atoms with Crippen LogP contribution in [0.2, 0.25) is 0 Å². The van der Waals surface area contributed by atoms with Gasteiger partial charge in [0, 0.05) is 24.9 Å². The molecule has 3 fully saturated rings. The zero-order valence-electron chi connectivity index (χ0n) is 19.9. The van der Waals surface area contributed by atoms with Gasteiger partial charge in [-0.2, -0.15) is 0 Å². The molecule has 1 aliphatic heterocycles. The Balaban J connectivity index is 1.79. The number of hydrogen-bond donors (Lipinski definition) is 4. The van der Waals surface area contributed by atoms with E-state index in [1.54, 1.807) is 4.90 Å². The number of rotatable bonds is 7. The average molecular weight is 455 g/mol. The lowest BCUT2D eigenvalue weighted by molar-refractivity contribution is -0.187. The Morgan fingerprint density at radius 1 is 1.16 bits per heavy atom. The molecule has 3 aliphatic rings.